The molecule has 45 heavy (non-hydrogen) atoms. The molecule has 0 radical (unpaired) electrons. The molecule has 0 spiro atoms. The summed E-state index contributed by atoms with van der Waals surface area (Å²) in [6.45, 7) is 1.89. The van der Waals surface area contributed by atoms with Crippen molar-refractivity contribution in [3.05, 3.63) is 144 Å². The number of benzene rings is 4. The van der Waals surface area contributed by atoms with Crippen molar-refractivity contribution in [2.75, 3.05) is 13.2 Å². The van der Waals surface area contributed by atoms with Gasteiger partial charge in [0.2, 0.25) is 0 Å². The molecule has 0 heterocycles. The molecule has 0 bridgehead atoms. The summed E-state index contributed by atoms with van der Waals surface area (Å²) in [5, 5.41) is 0. The van der Waals surface area contributed by atoms with E-state index in [1.54, 1.807) is 0 Å². The highest BCUT2D eigenvalue weighted by atomic mass is 16.5. The molecule has 0 atom stereocenters. The molecule has 0 aliphatic heterocycles. The molecule has 0 saturated carbocycles. The highest BCUT2D eigenvalue weighted by Crippen LogP contribution is 2.31. The minimum atomic E-state index is 0.521. The lowest BCUT2D eigenvalue weighted by molar-refractivity contribution is 0.125. The molecule has 4 rings (SSSR count). The maximum Gasteiger partial charge on any atom is 0.0466 e. The van der Waals surface area contributed by atoms with Gasteiger partial charge in [-0.1, -0.05) is 198 Å². The molecule has 0 fully saturated rings. The van der Waals surface area contributed by atoms with Gasteiger partial charge in [-0.15, -0.1) is 0 Å². The van der Waals surface area contributed by atoms with Crippen LogP contribution in [-0.2, 0) is 4.74 Å². The van der Waals surface area contributed by atoms with Crippen molar-refractivity contribution in [1.82, 2.24) is 0 Å². The average Bonchev–Trinajstić information content (AvgIpc) is 3.10. The fourth-order valence-electron chi connectivity index (χ4n) is 6.77. The van der Waals surface area contributed by atoms with Crippen LogP contribution in [0, 0.1) is 0 Å². The lowest BCUT2D eigenvalue weighted by Gasteiger charge is -2.18. The standard InChI is InChI=1S/C44H58O/c1(3-7-23-35-43(39-27-15-11-16-28-39)40-29-17-12-18-30-40)5-9-25-37-45-38-26-10-6-2-4-8-24-36-44(41-31-19-13-20-32-41)42-33-21-14-22-34-42/h11-22,27-34,43-44H,1-10,23-26,35-38H2. The Morgan fingerprint density at radius 1 is 0.289 bits per heavy atom. The second kappa shape index (κ2) is 22.4. The van der Waals surface area contributed by atoms with Crippen molar-refractivity contribution in [3.8, 4) is 0 Å². The van der Waals surface area contributed by atoms with Gasteiger partial charge in [0.1, 0.15) is 0 Å². The third-order valence-electron chi connectivity index (χ3n) is 9.37. The lowest BCUT2D eigenvalue weighted by atomic mass is 9.87. The molecule has 4 aromatic carbocycles. The summed E-state index contributed by atoms with van der Waals surface area (Å²) >= 11 is 0. The molecule has 0 unspecified atom stereocenters. The van der Waals surface area contributed by atoms with Crippen LogP contribution in [0.5, 0.6) is 0 Å². The second-order valence-corrected chi connectivity index (χ2v) is 12.9. The summed E-state index contributed by atoms with van der Waals surface area (Å²) < 4.78 is 5.94. The van der Waals surface area contributed by atoms with Gasteiger partial charge in [-0.3, -0.25) is 0 Å². The van der Waals surface area contributed by atoms with Crippen LogP contribution in [0.3, 0.4) is 0 Å². The van der Waals surface area contributed by atoms with E-state index < -0.39 is 0 Å². The van der Waals surface area contributed by atoms with Gasteiger partial charge in [-0.2, -0.15) is 0 Å². The van der Waals surface area contributed by atoms with Crippen molar-refractivity contribution in [2.45, 2.75) is 115 Å². The van der Waals surface area contributed by atoms with Crippen LogP contribution in [0.1, 0.15) is 137 Å². The average molecular weight is 603 g/mol. The molecule has 240 valence electrons. The van der Waals surface area contributed by atoms with E-state index in [4.69, 9.17) is 4.74 Å². The number of unbranched alkanes of at least 4 members (excludes halogenated alkanes) is 12. The first-order valence-corrected chi connectivity index (χ1v) is 18.2. The van der Waals surface area contributed by atoms with E-state index in [0.29, 0.717) is 11.8 Å². The Bertz CT molecular complexity index is 1040. The van der Waals surface area contributed by atoms with Crippen LogP contribution in [0.15, 0.2) is 121 Å². The van der Waals surface area contributed by atoms with Crippen LogP contribution in [0.4, 0.5) is 0 Å². The van der Waals surface area contributed by atoms with E-state index >= 15 is 0 Å². The van der Waals surface area contributed by atoms with Crippen LogP contribution < -0.4 is 0 Å². The Kier molecular flexibility index (Phi) is 17.2. The zero-order chi connectivity index (χ0) is 31.0. The quantitative estimate of drug-likeness (QED) is 0.0725. The molecule has 0 aliphatic rings. The van der Waals surface area contributed by atoms with Crippen molar-refractivity contribution in [1.29, 1.82) is 0 Å². The van der Waals surface area contributed by atoms with Gasteiger partial charge in [0.05, 0.1) is 0 Å². The molecule has 0 N–H and O–H groups in total. The fraction of sp³-hybridized carbons (Fsp3) is 0.455. The normalized spacial score (nSPS) is 11.4. The Labute approximate surface area is 275 Å². The molecule has 0 aliphatic carbocycles. The zero-order valence-corrected chi connectivity index (χ0v) is 27.8. The van der Waals surface area contributed by atoms with Crippen LogP contribution >= 0.6 is 0 Å². The van der Waals surface area contributed by atoms with Gasteiger partial charge >= 0.3 is 0 Å². The fourth-order valence-corrected chi connectivity index (χ4v) is 6.77. The van der Waals surface area contributed by atoms with E-state index in [1.165, 1.54) is 125 Å². The van der Waals surface area contributed by atoms with E-state index in [-0.39, 0.29) is 0 Å². The van der Waals surface area contributed by atoms with Crippen molar-refractivity contribution in [3.63, 3.8) is 0 Å². The SMILES string of the molecule is c1ccc(C(CCCCCCCCCOCCCCCCCCCC(c2ccccc2)c2ccccc2)c2ccccc2)cc1. The summed E-state index contributed by atoms with van der Waals surface area (Å²) in [5.41, 5.74) is 5.80. The second-order valence-electron chi connectivity index (χ2n) is 12.9. The van der Waals surface area contributed by atoms with E-state index in [1.807, 2.05) is 0 Å². The number of ether oxygens (including phenoxy) is 1. The van der Waals surface area contributed by atoms with E-state index in [2.05, 4.69) is 121 Å². The maximum absolute atomic E-state index is 5.94. The highest BCUT2D eigenvalue weighted by Gasteiger charge is 2.14. The van der Waals surface area contributed by atoms with E-state index in [0.717, 1.165) is 13.2 Å². The monoisotopic (exact) mass is 602 g/mol. The zero-order valence-electron chi connectivity index (χ0n) is 27.8. The molecule has 4 aromatic rings. The van der Waals surface area contributed by atoms with E-state index in [9.17, 15) is 0 Å². The van der Waals surface area contributed by atoms with Crippen LogP contribution in [0.25, 0.3) is 0 Å². The molecule has 0 aromatic heterocycles. The lowest BCUT2D eigenvalue weighted by Crippen LogP contribution is -2.01. The van der Waals surface area contributed by atoms with Crippen LogP contribution in [-0.4, -0.2) is 13.2 Å². The summed E-state index contributed by atoms with van der Waals surface area (Å²) in [7, 11) is 0. The molecular formula is C44H58O. The van der Waals surface area contributed by atoms with Gasteiger partial charge in [-0.05, 0) is 47.9 Å². The van der Waals surface area contributed by atoms with Gasteiger partial charge in [0.15, 0.2) is 0 Å². The topological polar surface area (TPSA) is 9.23 Å². The summed E-state index contributed by atoms with van der Waals surface area (Å²) in [6.07, 6.45) is 21.0. The van der Waals surface area contributed by atoms with Crippen molar-refractivity contribution in [2.24, 2.45) is 0 Å². The molecular weight excluding hydrogens is 544 g/mol. The Hall–Kier alpha value is -3.16. The van der Waals surface area contributed by atoms with Crippen molar-refractivity contribution >= 4 is 0 Å². The van der Waals surface area contributed by atoms with Crippen molar-refractivity contribution < 1.29 is 4.74 Å². The summed E-state index contributed by atoms with van der Waals surface area (Å²) in [6, 6.07) is 44.2. The van der Waals surface area contributed by atoms with Gasteiger partial charge in [0, 0.05) is 25.0 Å². The third kappa shape index (κ3) is 13.8. The minimum absolute atomic E-state index is 0.521. The largest absolute Gasteiger partial charge is 0.381 e. The first-order valence-electron chi connectivity index (χ1n) is 18.2. The van der Waals surface area contributed by atoms with Gasteiger partial charge in [-0.25, -0.2) is 0 Å². The number of hydrogen-bond acceptors (Lipinski definition) is 1. The Morgan fingerprint density at radius 2 is 0.533 bits per heavy atom. The first-order chi connectivity index (χ1) is 22.4. The predicted octanol–water partition coefficient (Wildman–Crippen LogP) is 12.9. The smallest absolute Gasteiger partial charge is 0.0466 e. The Morgan fingerprint density at radius 3 is 0.822 bits per heavy atom. The summed E-state index contributed by atoms with van der Waals surface area (Å²) in [5.74, 6) is 1.04. The van der Waals surface area contributed by atoms with Gasteiger partial charge in [0.25, 0.3) is 0 Å². The minimum Gasteiger partial charge on any atom is -0.381 e. The summed E-state index contributed by atoms with van der Waals surface area (Å²) in [4.78, 5) is 0. The highest BCUT2D eigenvalue weighted by molar-refractivity contribution is 5.33. The number of rotatable bonds is 24. The van der Waals surface area contributed by atoms with Gasteiger partial charge < -0.3 is 4.74 Å². The first kappa shape index (κ1) is 34.7. The third-order valence-corrected chi connectivity index (χ3v) is 9.37. The maximum atomic E-state index is 5.94. The molecule has 1 heteroatoms. The molecule has 0 saturated heterocycles. The van der Waals surface area contributed by atoms with Crippen LogP contribution in [0.2, 0.25) is 0 Å². The Balaban J connectivity index is 0.927. The predicted molar refractivity (Wildman–Crippen MR) is 194 cm³/mol. The molecule has 0 amide bonds. The molecule has 1 nitrogen and oxygen atoms in total. The number of hydrogen-bond donors (Lipinski definition) is 0.